The molecule has 1 saturated carbocycles. The maximum Gasteiger partial charge on any atom is 0.294 e. The Morgan fingerprint density at radius 2 is 1.73 bits per heavy atom. The van der Waals surface area contributed by atoms with Crippen molar-refractivity contribution in [3.05, 3.63) is 42.0 Å². The summed E-state index contributed by atoms with van der Waals surface area (Å²) in [6.45, 7) is 4.03. The molecule has 3 N–H and O–H groups in total. The van der Waals surface area contributed by atoms with Crippen LogP contribution in [0.15, 0.2) is 41.3 Å². The molecule has 0 spiro atoms. The first kappa shape index (κ1) is 18.9. The predicted molar refractivity (Wildman–Crippen MR) is 90.4 cm³/mol. The van der Waals surface area contributed by atoms with Crippen molar-refractivity contribution in [3.63, 3.8) is 0 Å². The van der Waals surface area contributed by atoms with Gasteiger partial charge in [-0.05, 0) is 57.1 Å². The van der Waals surface area contributed by atoms with Gasteiger partial charge in [-0.1, -0.05) is 36.8 Å². The van der Waals surface area contributed by atoms with Crippen molar-refractivity contribution in [1.82, 2.24) is 0 Å². The van der Waals surface area contributed by atoms with Crippen LogP contribution in [-0.4, -0.2) is 19.0 Å². The normalized spacial score (nSPS) is 22.2. The van der Waals surface area contributed by atoms with Gasteiger partial charge >= 0.3 is 0 Å². The number of nitrogens with two attached hydrogens (primary N) is 1. The third kappa shape index (κ3) is 7.20. The zero-order chi connectivity index (χ0) is 16.6. The van der Waals surface area contributed by atoms with E-state index >= 15 is 0 Å². The van der Waals surface area contributed by atoms with Crippen LogP contribution in [0.2, 0.25) is 0 Å². The first-order chi connectivity index (χ1) is 10.3. The fourth-order valence-corrected chi connectivity index (χ4v) is 2.86. The molecule has 0 bridgehead atoms. The highest BCUT2D eigenvalue weighted by Crippen LogP contribution is 2.24. The van der Waals surface area contributed by atoms with Gasteiger partial charge in [0.1, 0.15) is 0 Å². The summed E-state index contributed by atoms with van der Waals surface area (Å²) in [5.41, 5.74) is 6.76. The quantitative estimate of drug-likeness (QED) is 0.656. The Kier molecular flexibility index (Phi) is 7.79. The Bertz CT molecular complexity index is 556. The largest absolute Gasteiger partial charge is 0.328 e. The van der Waals surface area contributed by atoms with Crippen molar-refractivity contribution < 1.29 is 13.0 Å². The zero-order valence-corrected chi connectivity index (χ0v) is 14.2. The van der Waals surface area contributed by atoms with Crippen LogP contribution >= 0.6 is 0 Å². The van der Waals surface area contributed by atoms with Gasteiger partial charge in [-0.3, -0.25) is 4.55 Å². The fourth-order valence-electron chi connectivity index (χ4n) is 2.38. The van der Waals surface area contributed by atoms with E-state index in [1.54, 1.807) is 12.1 Å². The molecule has 1 aliphatic rings. The van der Waals surface area contributed by atoms with Gasteiger partial charge in [-0.15, -0.1) is 0 Å². The van der Waals surface area contributed by atoms with Crippen LogP contribution in [0.1, 0.15) is 44.6 Å². The van der Waals surface area contributed by atoms with Gasteiger partial charge in [0.2, 0.25) is 0 Å². The summed E-state index contributed by atoms with van der Waals surface area (Å²) in [4.78, 5) is -0.0666. The molecule has 5 heteroatoms. The van der Waals surface area contributed by atoms with Gasteiger partial charge in [0.15, 0.2) is 0 Å². The van der Waals surface area contributed by atoms with Crippen LogP contribution in [-0.2, 0) is 10.1 Å². The molecule has 4 nitrogen and oxygen atoms in total. The van der Waals surface area contributed by atoms with Crippen molar-refractivity contribution >= 4 is 10.1 Å². The maximum atomic E-state index is 10.5. The van der Waals surface area contributed by atoms with E-state index in [1.165, 1.54) is 44.2 Å². The number of allylic oxidation sites excluding steroid dienone is 2. The first-order valence-corrected chi connectivity index (χ1v) is 9.23. The molecule has 1 aliphatic carbocycles. The van der Waals surface area contributed by atoms with Gasteiger partial charge < -0.3 is 5.73 Å². The number of hydrogen-bond donors (Lipinski definition) is 2. The standard InChI is InChI=1S/C10H19N.C7H8O3S/c1-2-3-4-9-5-7-10(11)8-6-9;1-6-2-4-7(5-3-6)11(8,9)10/h3-4,9-10H,2,5-8,11H2,1H3;2-5H,1H3,(H,8,9,10)/b4-3-;. The molecule has 0 unspecified atom stereocenters. The second-order valence-corrected chi connectivity index (χ2v) is 7.22. The fraction of sp³-hybridized carbons (Fsp3) is 0.529. The van der Waals surface area contributed by atoms with E-state index in [-0.39, 0.29) is 4.90 Å². The van der Waals surface area contributed by atoms with Crippen LogP contribution in [0.3, 0.4) is 0 Å². The maximum absolute atomic E-state index is 10.5. The van der Waals surface area contributed by atoms with Crippen molar-refractivity contribution in [3.8, 4) is 0 Å². The van der Waals surface area contributed by atoms with E-state index in [9.17, 15) is 8.42 Å². The summed E-state index contributed by atoms with van der Waals surface area (Å²) in [5.74, 6) is 0.828. The monoisotopic (exact) mass is 325 g/mol. The Morgan fingerprint density at radius 3 is 2.18 bits per heavy atom. The number of benzene rings is 1. The van der Waals surface area contributed by atoms with E-state index < -0.39 is 10.1 Å². The van der Waals surface area contributed by atoms with Crippen molar-refractivity contribution in [2.75, 3.05) is 0 Å². The lowest BCUT2D eigenvalue weighted by atomic mass is 9.86. The summed E-state index contributed by atoms with van der Waals surface area (Å²) in [6, 6.07) is 6.47. The molecule has 2 rings (SSSR count). The second kappa shape index (κ2) is 9.08. The topological polar surface area (TPSA) is 80.4 Å². The minimum Gasteiger partial charge on any atom is -0.328 e. The van der Waals surface area contributed by atoms with Gasteiger partial charge in [0.25, 0.3) is 10.1 Å². The lowest BCUT2D eigenvalue weighted by molar-refractivity contribution is 0.375. The van der Waals surface area contributed by atoms with E-state index in [2.05, 4.69) is 19.1 Å². The van der Waals surface area contributed by atoms with E-state index in [1.807, 2.05) is 6.92 Å². The van der Waals surface area contributed by atoms with E-state index in [0.29, 0.717) is 6.04 Å². The van der Waals surface area contributed by atoms with Gasteiger partial charge in [-0.25, -0.2) is 0 Å². The molecule has 0 atom stereocenters. The third-order valence-corrected chi connectivity index (χ3v) is 4.65. The smallest absolute Gasteiger partial charge is 0.294 e. The first-order valence-electron chi connectivity index (χ1n) is 7.79. The van der Waals surface area contributed by atoms with Crippen LogP contribution in [0.4, 0.5) is 0 Å². The second-order valence-electron chi connectivity index (χ2n) is 5.80. The van der Waals surface area contributed by atoms with Crippen LogP contribution in [0, 0.1) is 12.8 Å². The minimum atomic E-state index is -4.02. The highest BCUT2D eigenvalue weighted by atomic mass is 32.2. The molecule has 0 heterocycles. The highest BCUT2D eigenvalue weighted by Gasteiger charge is 2.15. The molecule has 124 valence electrons. The molecule has 0 saturated heterocycles. The molecule has 0 radical (unpaired) electrons. The Balaban J connectivity index is 0.000000220. The summed E-state index contributed by atoms with van der Waals surface area (Å²) in [7, 11) is -4.02. The molecule has 0 aliphatic heterocycles. The molecule has 1 aromatic carbocycles. The number of aryl methyl sites for hydroxylation is 1. The molecular weight excluding hydrogens is 298 g/mol. The molecule has 0 amide bonds. The van der Waals surface area contributed by atoms with Gasteiger partial charge in [0, 0.05) is 6.04 Å². The predicted octanol–water partition coefficient (Wildman–Crippen LogP) is 3.71. The summed E-state index contributed by atoms with van der Waals surface area (Å²) < 4.78 is 29.6. The summed E-state index contributed by atoms with van der Waals surface area (Å²) in [6.07, 6.45) is 10.9. The van der Waals surface area contributed by atoms with E-state index in [0.717, 1.165) is 11.5 Å². The van der Waals surface area contributed by atoms with Crippen molar-refractivity contribution in [2.24, 2.45) is 11.7 Å². The number of hydrogen-bond acceptors (Lipinski definition) is 3. The lowest BCUT2D eigenvalue weighted by Gasteiger charge is -2.23. The third-order valence-electron chi connectivity index (χ3n) is 3.78. The van der Waals surface area contributed by atoms with Gasteiger partial charge in [0.05, 0.1) is 4.90 Å². The Hall–Kier alpha value is -1.17. The number of rotatable bonds is 3. The van der Waals surface area contributed by atoms with Gasteiger partial charge in [-0.2, -0.15) is 8.42 Å². The molecular formula is C17H27NO3S. The zero-order valence-electron chi connectivity index (χ0n) is 13.4. The summed E-state index contributed by atoms with van der Waals surface area (Å²) in [5, 5.41) is 0. The SMILES string of the molecule is CC/C=C\C1CCC(N)CC1.Cc1ccc(S(=O)(=O)O)cc1. The van der Waals surface area contributed by atoms with Crippen molar-refractivity contribution in [2.45, 2.75) is 56.9 Å². The Morgan fingerprint density at radius 1 is 1.18 bits per heavy atom. The van der Waals surface area contributed by atoms with Crippen LogP contribution in [0.5, 0.6) is 0 Å². The summed E-state index contributed by atoms with van der Waals surface area (Å²) >= 11 is 0. The average Bonchev–Trinajstić information content (AvgIpc) is 2.47. The van der Waals surface area contributed by atoms with Crippen LogP contribution in [0.25, 0.3) is 0 Å². The Labute approximate surface area is 134 Å². The molecule has 0 aromatic heterocycles. The molecule has 1 aromatic rings. The highest BCUT2D eigenvalue weighted by molar-refractivity contribution is 7.85. The van der Waals surface area contributed by atoms with Crippen LogP contribution < -0.4 is 5.73 Å². The molecule has 22 heavy (non-hydrogen) atoms. The minimum absolute atomic E-state index is 0.0666. The molecule has 1 fully saturated rings. The average molecular weight is 325 g/mol. The van der Waals surface area contributed by atoms with E-state index in [4.69, 9.17) is 10.3 Å². The lowest BCUT2D eigenvalue weighted by Crippen LogP contribution is -2.25. The van der Waals surface area contributed by atoms with Crippen molar-refractivity contribution in [1.29, 1.82) is 0 Å².